The maximum Gasteiger partial charge on any atom is 0.337 e. The molecule has 2 N–H and O–H groups in total. The molecule has 0 radical (unpaired) electrons. The highest BCUT2D eigenvalue weighted by Gasteiger charge is 2.22. The molecule has 0 heterocycles. The molecule has 6 heteroatoms. The Kier molecular flexibility index (Phi) is 4.49. The fraction of sp³-hybridized carbons (Fsp3) is 0.333. The number of carboxylic acids is 1. The van der Waals surface area contributed by atoms with Crippen LogP contribution in [0.15, 0.2) is 18.2 Å². The fourth-order valence-electron chi connectivity index (χ4n) is 1.52. The average molecular weight is 258 g/mol. The van der Waals surface area contributed by atoms with E-state index in [0.717, 1.165) is 18.2 Å². The van der Waals surface area contributed by atoms with Crippen LogP contribution in [-0.2, 0) is 4.79 Å². The number of hydrogen-bond donors (Lipinski definition) is 2. The van der Waals surface area contributed by atoms with E-state index in [2.05, 4.69) is 0 Å². The Balaban J connectivity index is 3.27. The van der Waals surface area contributed by atoms with E-state index in [0.29, 0.717) is 0 Å². The van der Waals surface area contributed by atoms with Crippen LogP contribution < -0.4 is 0 Å². The van der Waals surface area contributed by atoms with Crippen LogP contribution in [0.5, 0.6) is 0 Å². The quantitative estimate of drug-likeness (QED) is 0.795. The molecule has 98 valence electrons. The molecule has 1 aromatic rings. The largest absolute Gasteiger partial charge is 0.479 e. The van der Waals surface area contributed by atoms with Crippen molar-refractivity contribution >= 4 is 11.8 Å². The number of benzene rings is 1. The van der Waals surface area contributed by atoms with Crippen LogP contribution in [0, 0.1) is 0 Å². The molecule has 0 aliphatic carbocycles. The lowest BCUT2D eigenvalue weighted by Crippen LogP contribution is -2.12. The summed E-state index contributed by atoms with van der Waals surface area (Å²) in [6.45, 7) is 1.54. The molecule has 0 aliphatic heterocycles. The minimum absolute atomic E-state index is 0.0700. The molecule has 0 saturated carbocycles. The van der Waals surface area contributed by atoms with E-state index in [9.17, 15) is 23.5 Å². The summed E-state index contributed by atoms with van der Waals surface area (Å²) in [5, 5.41) is 17.8. The number of aliphatic hydroxyl groups excluding tert-OH is 1. The van der Waals surface area contributed by atoms with Gasteiger partial charge in [-0.05, 0) is 11.6 Å². The summed E-state index contributed by atoms with van der Waals surface area (Å²) in [5.74, 6) is -1.99. The molecule has 0 spiro atoms. The molecular weight excluding hydrogens is 246 g/mol. The van der Waals surface area contributed by atoms with Crippen molar-refractivity contribution in [1.82, 2.24) is 0 Å². The maximum absolute atomic E-state index is 12.8. The summed E-state index contributed by atoms with van der Waals surface area (Å²) in [4.78, 5) is 22.0. The summed E-state index contributed by atoms with van der Waals surface area (Å²) in [7, 11) is 0. The highest BCUT2D eigenvalue weighted by molar-refractivity contribution is 5.97. The molecule has 1 unspecified atom stereocenters. The minimum Gasteiger partial charge on any atom is -0.479 e. The molecular formula is C12H12F2O4. The number of carbonyl (C=O) groups is 2. The van der Waals surface area contributed by atoms with Crippen molar-refractivity contribution in [1.29, 1.82) is 0 Å². The van der Waals surface area contributed by atoms with Crippen LogP contribution in [0.2, 0.25) is 0 Å². The Morgan fingerprint density at radius 1 is 1.33 bits per heavy atom. The van der Waals surface area contributed by atoms with E-state index in [4.69, 9.17) is 5.11 Å². The number of carbonyl (C=O) groups excluding carboxylic acids is 1. The third kappa shape index (κ3) is 2.89. The van der Waals surface area contributed by atoms with E-state index in [1.165, 1.54) is 6.92 Å². The highest BCUT2D eigenvalue weighted by Crippen LogP contribution is 2.27. The van der Waals surface area contributed by atoms with Crippen LogP contribution in [-0.4, -0.2) is 22.0 Å². The molecule has 0 amide bonds. The summed E-state index contributed by atoms with van der Waals surface area (Å²) < 4.78 is 25.6. The Hall–Kier alpha value is -1.82. The van der Waals surface area contributed by atoms with E-state index >= 15 is 0 Å². The van der Waals surface area contributed by atoms with Crippen LogP contribution in [0.3, 0.4) is 0 Å². The topological polar surface area (TPSA) is 74.6 Å². The lowest BCUT2D eigenvalue weighted by atomic mass is 9.97. The van der Waals surface area contributed by atoms with Crippen molar-refractivity contribution in [2.75, 3.05) is 0 Å². The Bertz CT molecular complexity index is 471. The van der Waals surface area contributed by atoms with Crippen molar-refractivity contribution in [3.05, 3.63) is 34.9 Å². The standard InChI is InChI=1S/C12H12F2O4/c1-2-9(15)7-4-3-6(10(16)12(17)18)5-8(7)11(13)14/h3-5,10-11,16H,2H2,1H3,(H,17,18). The molecule has 0 fully saturated rings. The van der Waals surface area contributed by atoms with Crippen molar-refractivity contribution in [3.8, 4) is 0 Å². The first kappa shape index (κ1) is 14.2. The molecule has 4 nitrogen and oxygen atoms in total. The highest BCUT2D eigenvalue weighted by atomic mass is 19.3. The molecule has 0 saturated heterocycles. The predicted octanol–water partition coefficient (Wildman–Crippen LogP) is 2.33. The smallest absolute Gasteiger partial charge is 0.337 e. The minimum atomic E-state index is -2.91. The normalized spacial score (nSPS) is 12.5. The van der Waals surface area contributed by atoms with Gasteiger partial charge in [0.15, 0.2) is 11.9 Å². The molecule has 18 heavy (non-hydrogen) atoms. The zero-order valence-corrected chi connectivity index (χ0v) is 9.56. The van der Waals surface area contributed by atoms with Crippen LogP contribution in [0.4, 0.5) is 8.78 Å². The zero-order valence-electron chi connectivity index (χ0n) is 9.56. The van der Waals surface area contributed by atoms with Crippen LogP contribution in [0.25, 0.3) is 0 Å². The van der Waals surface area contributed by atoms with Gasteiger partial charge < -0.3 is 10.2 Å². The Morgan fingerprint density at radius 3 is 2.39 bits per heavy atom. The SMILES string of the molecule is CCC(=O)c1ccc(C(O)C(=O)O)cc1C(F)F. The van der Waals surface area contributed by atoms with Crippen molar-refractivity contribution < 1.29 is 28.6 Å². The van der Waals surface area contributed by atoms with E-state index in [-0.39, 0.29) is 17.5 Å². The van der Waals surface area contributed by atoms with Crippen molar-refractivity contribution in [2.45, 2.75) is 25.9 Å². The van der Waals surface area contributed by atoms with Gasteiger partial charge in [0.1, 0.15) is 0 Å². The molecule has 1 atom stereocenters. The molecule has 0 aromatic heterocycles. The van der Waals surface area contributed by atoms with Crippen molar-refractivity contribution in [2.24, 2.45) is 0 Å². The van der Waals surface area contributed by atoms with Gasteiger partial charge in [0.25, 0.3) is 6.43 Å². The van der Waals surface area contributed by atoms with Crippen LogP contribution >= 0.6 is 0 Å². The zero-order chi connectivity index (χ0) is 13.9. The Morgan fingerprint density at radius 2 is 1.94 bits per heavy atom. The molecule has 1 aromatic carbocycles. The van der Waals surface area contributed by atoms with Gasteiger partial charge in [0.2, 0.25) is 0 Å². The predicted molar refractivity (Wildman–Crippen MR) is 58.6 cm³/mol. The summed E-state index contributed by atoms with van der Waals surface area (Å²) in [6.07, 6.45) is -4.72. The number of alkyl halides is 2. The van der Waals surface area contributed by atoms with Gasteiger partial charge >= 0.3 is 5.97 Å². The number of Topliss-reactive ketones (excluding diaryl/α,β-unsaturated/α-hetero) is 1. The first-order valence-corrected chi connectivity index (χ1v) is 5.24. The summed E-state index contributed by atoms with van der Waals surface area (Å²) in [5.41, 5.74) is -0.876. The Labute approximate surface area is 102 Å². The number of hydrogen-bond acceptors (Lipinski definition) is 3. The number of aliphatic hydroxyl groups is 1. The summed E-state index contributed by atoms with van der Waals surface area (Å²) >= 11 is 0. The number of carboxylic acid groups (broad SMARTS) is 1. The molecule has 0 bridgehead atoms. The van der Waals surface area contributed by atoms with Gasteiger partial charge in [-0.1, -0.05) is 19.1 Å². The van der Waals surface area contributed by atoms with Crippen molar-refractivity contribution in [3.63, 3.8) is 0 Å². The van der Waals surface area contributed by atoms with E-state index in [1.54, 1.807) is 0 Å². The van der Waals surface area contributed by atoms with E-state index < -0.39 is 29.8 Å². The first-order valence-electron chi connectivity index (χ1n) is 5.24. The van der Waals surface area contributed by atoms with Gasteiger partial charge in [0, 0.05) is 17.5 Å². The first-order chi connectivity index (χ1) is 8.38. The third-order valence-corrected chi connectivity index (χ3v) is 2.48. The van der Waals surface area contributed by atoms with Gasteiger partial charge in [-0.2, -0.15) is 0 Å². The van der Waals surface area contributed by atoms with Gasteiger partial charge in [0.05, 0.1) is 0 Å². The van der Waals surface area contributed by atoms with Gasteiger partial charge in [-0.15, -0.1) is 0 Å². The lowest BCUT2D eigenvalue weighted by molar-refractivity contribution is -0.146. The maximum atomic E-state index is 12.8. The summed E-state index contributed by atoms with van der Waals surface area (Å²) in [6, 6.07) is 3.13. The lowest BCUT2D eigenvalue weighted by Gasteiger charge is -2.11. The number of aliphatic carboxylic acids is 1. The van der Waals surface area contributed by atoms with E-state index in [1.807, 2.05) is 0 Å². The molecule has 0 aliphatic rings. The second-order valence-electron chi connectivity index (χ2n) is 3.66. The number of ketones is 1. The number of rotatable bonds is 5. The van der Waals surface area contributed by atoms with Crippen LogP contribution in [0.1, 0.15) is 47.4 Å². The average Bonchev–Trinajstić information content (AvgIpc) is 2.35. The second kappa shape index (κ2) is 5.68. The fourth-order valence-corrected chi connectivity index (χ4v) is 1.52. The van der Waals surface area contributed by atoms with Gasteiger partial charge in [-0.3, -0.25) is 4.79 Å². The number of halogens is 2. The monoisotopic (exact) mass is 258 g/mol. The third-order valence-electron chi connectivity index (χ3n) is 2.48. The van der Waals surface area contributed by atoms with Gasteiger partial charge in [-0.25, -0.2) is 13.6 Å². The second-order valence-corrected chi connectivity index (χ2v) is 3.66. The molecule has 1 rings (SSSR count).